The van der Waals surface area contributed by atoms with Gasteiger partial charge in [0.15, 0.2) is 0 Å². The molecule has 9 aromatic carbocycles. The SMILES string of the molecule is [2H]c1c([2H])c([2H])c(-n2c(-c3cccc(-c4c5c([2H])c([2H])c([2H])c([2H])c5c(-c5cc6ccccc6c6ccccc56)c5c([2H])c([2H])c([2H])c([2H])c45)c3)nc3ccccc32)c([2H])c1[2H]. The Balaban J connectivity index is 1.39. The van der Waals surface area contributed by atoms with Crippen molar-refractivity contribution in [2.75, 3.05) is 0 Å². The van der Waals surface area contributed by atoms with Crippen molar-refractivity contribution in [3.63, 3.8) is 0 Å². The smallest absolute Gasteiger partial charge is 0.145 e. The number of imidazole rings is 1. The Bertz CT molecular complexity index is 3530. The molecule has 0 saturated carbocycles. The summed E-state index contributed by atoms with van der Waals surface area (Å²) in [6.07, 6.45) is 0. The molecule has 0 spiro atoms. The Morgan fingerprint density at radius 2 is 1.04 bits per heavy atom. The van der Waals surface area contributed by atoms with Gasteiger partial charge < -0.3 is 0 Å². The number of hydrogen-bond donors (Lipinski definition) is 0. The molecule has 0 radical (unpaired) electrons. The highest BCUT2D eigenvalue weighted by Gasteiger charge is 2.20. The van der Waals surface area contributed by atoms with Crippen LogP contribution in [0.2, 0.25) is 0 Å². The minimum Gasteiger partial charge on any atom is -0.292 e. The third-order valence-electron chi connectivity index (χ3n) is 9.09. The van der Waals surface area contributed by atoms with Gasteiger partial charge in [0.25, 0.3) is 0 Å². The van der Waals surface area contributed by atoms with Gasteiger partial charge in [-0.3, -0.25) is 4.57 Å². The largest absolute Gasteiger partial charge is 0.292 e. The summed E-state index contributed by atoms with van der Waals surface area (Å²) >= 11 is 0. The topological polar surface area (TPSA) is 17.8 Å². The van der Waals surface area contributed by atoms with E-state index < -0.39 is 66.5 Å². The van der Waals surface area contributed by atoms with Crippen LogP contribution in [0.3, 0.4) is 0 Å². The van der Waals surface area contributed by atoms with Gasteiger partial charge in [-0.25, -0.2) is 4.98 Å². The number of aromatic nitrogens is 2. The molecule has 0 amide bonds. The molecule has 228 valence electrons. The van der Waals surface area contributed by atoms with E-state index in [-0.39, 0.29) is 56.3 Å². The van der Waals surface area contributed by atoms with E-state index in [1.807, 2.05) is 54.6 Å². The van der Waals surface area contributed by atoms with Crippen molar-refractivity contribution in [3.8, 4) is 39.3 Å². The second kappa shape index (κ2) is 11.0. The second-order valence-electron chi connectivity index (χ2n) is 11.8. The van der Waals surface area contributed by atoms with Crippen molar-refractivity contribution in [1.29, 1.82) is 0 Å². The lowest BCUT2D eigenvalue weighted by Gasteiger charge is -2.20. The van der Waals surface area contributed by atoms with Crippen molar-refractivity contribution in [2.24, 2.45) is 0 Å². The maximum absolute atomic E-state index is 9.52. The molecule has 0 atom stereocenters. The van der Waals surface area contributed by atoms with Crippen LogP contribution >= 0.6 is 0 Å². The summed E-state index contributed by atoms with van der Waals surface area (Å²) in [5.74, 6) is 0.197. The molecule has 0 aliphatic rings. The zero-order valence-corrected chi connectivity index (χ0v) is 25.7. The lowest BCUT2D eigenvalue weighted by atomic mass is 9.83. The monoisotopic (exact) mass is 635 g/mol. The van der Waals surface area contributed by atoms with Crippen LogP contribution in [0.1, 0.15) is 17.8 Å². The third-order valence-corrected chi connectivity index (χ3v) is 9.09. The summed E-state index contributed by atoms with van der Waals surface area (Å²) in [5.41, 5.74) is 2.39. The summed E-state index contributed by atoms with van der Waals surface area (Å²) in [6.45, 7) is 0. The summed E-state index contributed by atoms with van der Waals surface area (Å²) < 4.78 is 118. The van der Waals surface area contributed by atoms with Gasteiger partial charge in [-0.1, -0.05) is 145 Å². The zero-order valence-electron chi connectivity index (χ0n) is 38.7. The molecule has 0 saturated heterocycles. The Morgan fingerprint density at radius 3 is 1.80 bits per heavy atom. The summed E-state index contributed by atoms with van der Waals surface area (Å²) in [6, 6.07) is 24.8. The van der Waals surface area contributed by atoms with E-state index in [9.17, 15) is 5.48 Å². The highest BCUT2D eigenvalue weighted by atomic mass is 15.1. The minimum atomic E-state index is -0.551. The van der Waals surface area contributed by atoms with Gasteiger partial charge in [0.05, 0.1) is 28.9 Å². The number of hydrogen-bond acceptors (Lipinski definition) is 1. The molecule has 0 unspecified atom stereocenters. The highest BCUT2D eigenvalue weighted by Crippen LogP contribution is 2.47. The number of benzene rings is 9. The molecular formula is C47H30N2. The van der Waals surface area contributed by atoms with Crippen LogP contribution in [0.25, 0.3) is 93.5 Å². The van der Waals surface area contributed by atoms with E-state index in [0.29, 0.717) is 27.7 Å². The first-order chi connectivity index (χ1) is 29.7. The molecule has 0 aliphatic carbocycles. The van der Waals surface area contributed by atoms with Gasteiger partial charge in [0.1, 0.15) is 5.82 Å². The maximum atomic E-state index is 9.52. The van der Waals surface area contributed by atoms with Crippen LogP contribution < -0.4 is 0 Å². The zero-order chi connectivity index (χ0) is 43.6. The molecule has 49 heavy (non-hydrogen) atoms. The van der Waals surface area contributed by atoms with E-state index in [0.717, 1.165) is 21.5 Å². The van der Waals surface area contributed by atoms with Crippen molar-refractivity contribution in [2.45, 2.75) is 0 Å². The molecule has 2 nitrogen and oxygen atoms in total. The van der Waals surface area contributed by atoms with Crippen LogP contribution in [0.5, 0.6) is 0 Å². The molecule has 10 rings (SSSR count). The van der Waals surface area contributed by atoms with Gasteiger partial charge >= 0.3 is 0 Å². The molecule has 0 aliphatic heterocycles. The normalized spacial score (nSPS) is 15.4. The predicted octanol–water partition coefficient (Wildman–Crippen LogP) is 12.6. The predicted molar refractivity (Wildman–Crippen MR) is 207 cm³/mol. The molecule has 1 aromatic heterocycles. The summed E-state index contributed by atoms with van der Waals surface area (Å²) in [7, 11) is 0. The van der Waals surface area contributed by atoms with Crippen LogP contribution in [0.4, 0.5) is 0 Å². The van der Waals surface area contributed by atoms with Crippen LogP contribution in [0, 0.1) is 0 Å². The van der Waals surface area contributed by atoms with E-state index in [1.54, 1.807) is 48.5 Å². The molecule has 2 heteroatoms. The van der Waals surface area contributed by atoms with Gasteiger partial charge in [-0.2, -0.15) is 0 Å². The van der Waals surface area contributed by atoms with Gasteiger partial charge in [-0.15, -0.1) is 0 Å². The first-order valence-corrected chi connectivity index (χ1v) is 15.7. The fourth-order valence-corrected chi connectivity index (χ4v) is 7.06. The Labute approximate surface area is 302 Å². The fourth-order valence-electron chi connectivity index (χ4n) is 7.06. The van der Waals surface area contributed by atoms with Crippen molar-refractivity contribution < 1.29 is 17.8 Å². The van der Waals surface area contributed by atoms with E-state index in [1.165, 1.54) is 4.57 Å². The lowest BCUT2D eigenvalue weighted by molar-refractivity contribution is 1.10. The quantitative estimate of drug-likeness (QED) is 0.139. The number of rotatable bonds is 4. The van der Waals surface area contributed by atoms with Gasteiger partial charge in [0, 0.05) is 11.3 Å². The van der Waals surface area contributed by atoms with E-state index in [2.05, 4.69) is 0 Å². The first-order valence-electron chi connectivity index (χ1n) is 22.2. The molecule has 1 heterocycles. The molecule has 10 aromatic rings. The number of fused-ring (bicyclic) bond motifs is 6. The first kappa shape index (κ1) is 17.6. The summed E-state index contributed by atoms with van der Waals surface area (Å²) in [5, 5.41) is 3.54. The average Bonchev–Trinajstić information content (AvgIpc) is 3.68. The maximum Gasteiger partial charge on any atom is 0.145 e. The number of nitrogens with zero attached hydrogens (tertiary/aromatic N) is 2. The van der Waals surface area contributed by atoms with Crippen LogP contribution in [0.15, 0.2) is 182 Å². The Hall–Kier alpha value is -6.51. The summed E-state index contributed by atoms with van der Waals surface area (Å²) in [4.78, 5) is 4.89. The third kappa shape index (κ3) is 4.31. The van der Waals surface area contributed by atoms with Gasteiger partial charge in [-0.05, 0) is 102 Å². The van der Waals surface area contributed by atoms with E-state index >= 15 is 0 Å². The van der Waals surface area contributed by atoms with Gasteiger partial charge in [0.2, 0.25) is 0 Å². The standard InChI is InChI=1S/C47H30N2/c1-2-18-34(19-3-1)49-44-28-13-12-27-43(44)48-47(49)33-17-14-16-32(29-33)45-38-23-8-10-25-40(38)46(41-26-11-9-24-39(41)45)42-30-31-15-4-5-20-35(31)36-21-6-7-22-37(36)42/h1-30H/i1D,2D,3D,8D,9D,10D,11D,18D,19D,23D,24D,25D,26D. The van der Waals surface area contributed by atoms with Crippen molar-refractivity contribution in [1.82, 2.24) is 9.55 Å². The lowest BCUT2D eigenvalue weighted by Crippen LogP contribution is -1.97. The molecule has 0 fully saturated rings. The Morgan fingerprint density at radius 1 is 0.449 bits per heavy atom. The minimum absolute atomic E-state index is 0.0389. The molecular weight excluding hydrogens is 593 g/mol. The van der Waals surface area contributed by atoms with Crippen LogP contribution in [-0.4, -0.2) is 9.55 Å². The highest BCUT2D eigenvalue weighted by molar-refractivity contribution is 6.25. The van der Waals surface area contributed by atoms with E-state index in [4.69, 9.17) is 17.3 Å². The van der Waals surface area contributed by atoms with Crippen molar-refractivity contribution in [3.05, 3.63) is 182 Å². The van der Waals surface area contributed by atoms with Crippen LogP contribution in [-0.2, 0) is 0 Å². The Kier molecular flexibility index (Phi) is 3.96. The molecule has 0 N–H and O–H groups in total. The fraction of sp³-hybridized carbons (Fsp3) is 0. The number of para-hydroxylation sites is 3. The second-order valence-corrected chi connectivity index (χ2v) is 11.8. The average molecular weight is 636 g/mol. The molecule has 0 bridgehead atoms. The van der Waals surface area contributed by atoms with Crippen molar-refractivity contribution >= 4 is 54.1 Å².